The number of esters is 1. The summed E-state index contributed by atoms with van der Waals surface area (Å²) in [5, 5.41) is 4.96. The SMILES string of the molecule is CCc1ccc(NC(=O)COC(=O)[C@H](CCSC)NC(N)=O)cc1. The van der Waals surface area contributed by atoms with E-state index in [9.17, 15) is 14.4 Å². The number of hydrogen-bond acceptors (Lipinski definition) is 5. The molecule has 0 saturated carbocycles. The monoisotopic (exact) mass is 353 g/mol. The molecule has 4 N–H and O–H groups in total. The van der Waals surface area contributed by atoms with Crippen molar-refractivity contribution in [2.45, 2.75) is 25.8 Å². The van der Waals surface area contributed by atoms with Gasteiger partial charge in [-0.3, -0.25) is 4.79 Å². The molecule has 24 heavy (non-hydrogen) atoms. The molecular weight excluding hydrogens is 330 g/mol. The number of ether oxygens (including phenoxy) is 1. The lowest BCUT2D eigenvalue weighted by molar-refractivity contribution is -0.149. The topological polar surface area (TPSA) is 111 Å². The molecule has 3 amide bonds. The molecule has 0 unspecified atom stereocenters. The van der Waals surface area contributed by atoms with Gasteiger partial charge in [-0.15, -0.1) is 0 Å². The molecule has 0 heterocycles. The van der Waals surface area contributed by atoms with E-state index >= 15 is 0 Å². The van der Waals surface area contributed by atoms with Crippen molar-refractivity contribution in [2.24, 2.45) is 5.73 Å². The molecule has 0 spiro atoms. The van der Waals surface area contributed by atoms with Gasteiger partial charge in [-0.2, -0.15) is 11.8 Å². The van der Waals surface area contributed by atoms with Gasteiger partial charge in [0.25, 0.3) is 5.91 Å². The number of nitrogens with two attached hydrogens (primary N) is 1. The van der Waals surface area contributed by atoms with E-state index in [-0.39, 0.29) is 0 Å². The Morgan fingerprint density at radius 1 is 1.25 bits per heavy atom. The average molecular weight is 353 g/mol. The minimum absolute atomic E-state index is 0.378. The summed E-state index contributed by atoms with van der Waals surface area (Å²) in [6.45, 7) is 1.62. The van der Waals surface area contributed by atoms with Crippen LogP contribution in [0.15, 0.2) is 24.3 Å². The van der Waals surface area contributed by atoms with Crippen LogP contribution in [0, 0.1) is 0 Å². The second kappa shape index (κ2) is 10.5. The van der Waals surface area contributed by atoms with E-state index in [0.29, 0.717) is 17.9 Å². The number of nitrogens with one attached hydrogen (secondary N) is 2. The molecule has 0 aliphatic rings. The van der Waals surface area contributed by atoms with Gasteiger partial charge in [-0.25, -0.2) is 9.59 Å². The molecule has 0 aliphatic carbocycles. The summed E-state index contributed by atoms with van der Waals surface area (Å²) in [5.41, 5.74) is 6.83. The Labute approximate surface area is 145 Å². The predicted molar refractivity (Wildman–Crippen MR) is 94.9 cm³/mol. The summed E-state index contributed by atoms with van der Waals surface area (Å²) in [4.78, 5) is 34.7. The lowest BCUT2D eigenvalue weighted by atomic mass is 10.1. The molecule has 0 radical (unpaired) electrons. The number of carbonyl (C=O) groups excluding carboxylic acids is 3. The Morgan fingerprint density at radius 2 is 1.92 bits per heavy atom. The summed E-state index contributed by atoms with van der Waals surface area (Å²) < 4.78 is 4.95. The lowest BCUT2D eigenvalue weighted by Gasteiger charge is -2.15. The van der Waals surface area contributed by atoms with Gasteiger partial charge in [0.2, 0.25) is 0 Å². The Balaban J connectivity index is 2.47. The normalized spacial score (nSPS) is 11.4. The summed E-state index contributed by atoms with van der Waals surface area (Å²) in [5.74, 6) is -0.481. The lowest BCUT2D eigenvalue weighted by Crippen LogP contribution is -2.45. The molecule has 1 aromatic carbocycles. The maximum atomic E-state index is 11.9. The van der Waals surface area contributed by atoms with Crippen LogP contribution in [0.4, 0.5) is 10.5 Å². The van der Waals surface area contributed by atoms with Crippen molar-refractivity contribution in [3.63, 3.8) is 0 Å². The van der Waals surface area contributed by atoms with Crippen molar-refractivity contribution in [3.05, 3.63) is 29.8 Å². The molecule has 8 heteroatoms. The smallest absolute Gasteiger partial charge is 0.329 e. The van der Waals surface area contributed by atoms with Gasteiger partial charge in [0, 0.05) is 5.69 Å². The largest absolute Gasteiger partial charge is 0.454 e. The van der Waals surface area contributed by atoms with E-state index in [4.69, 9.17) is 10.5 Å². The summed E-state index contributed by atoms with van der Waals surface area (Å²) in [6, 6.07) is 5.74. The maximum absolute atomic E-state index is 11.9. The summed E-state index contributed by atoms with van der Waals surface area (Å²) in [6.07, 6.45) is 3.17. The van der Waals surface area contributed by atoms with Crippen LogP contribution >= 0.6 is 11.8 Å². The number of primary amides is 1. The van der Waals surface area contributed by atoms with E-state index in [0.717, 1.165) is 12.0 Å². The summed E-state index contributed by atoms with van der Waals surface area (Å²) >= 11 is 1.52. The first-order chi connectivity index (χ1) is 11.5. The van der Waals surface area contributed by atoms with Gasteiger partial charge < -0.3 is 21.1 Å². The average Bonchev–Trinajstić information content (AvgIpc) is 2.56. The molecule has 0 aliphatic heterocycles. The van der Waals surface area contributed by atoms with Gasteiger partial charge >= 0.3 is 12.0 Å². The van der Waals surface area contributed by atoms with Crippen molar-refractivity contribution in [1.29, 1.82) is 0 Å². The fourth-order valence-electron chi connectivity index (χ4n) is 1.91. The Hall–Kier alpha value is -2.22. The zero-order valence-corrected chi connectivity index (χ0v) is 14.7. The molecule has 1 atom stereocenters. The van der Waals surface area contributed by atoms with Gasteiger partial charge in [-0.1, -0.05) is 19.1 Å². The second-order valence-corrected chi connectivity index (χ2v) is 6.03. The van der Waals surface area contributed by atoms with Crippen molar-refractivity contribution in [3.8, 4) is 0 Å². The fraction of sp³-hybridized carbons (Fsp3) is 0.438. The molecule has 0 saturated heterocycles. The third-order valence-corrected chi connectivity index (χ3v) is 3.85. The van der Waals surface area contributed by atoms with Crippen LogP contribution in [0.3, 0.4) is 0 Å². The third-order valence-electron chi connectivity index (χ3n) is 3.20. The molecule has 7 nitrogen and oxygen atoms in total. The number of thioether (sulfide) groups is 1. The van der Waals surface area contributed by atoms with Crippen LogP contribution in [0.5, 0.6) is 0 Å². The zero-order valence-electron chi connectivity index (χ0n) is 13.8. The van der Waals surface area contributed by atoms with Crippen LogP contribution in [0.25, 0.3) is 0 Å². The van der Waals surface area contributed by atoms with Gasteiger partial charge in [0.1, 0.15) is 6.04 Å². The highest BCUT2D eigenvalue weighted by Gasteiger charge is 2.21. The molecule has 0 fully saturated rings. The van der Waals surface area contributed by atoms with Crippen molar-refractivity contribution in [1.82, 2.24) is 5.32 Å². The number of rotatable bonds is 9. The minimum atomic E-state index is -0.855. The number of urea groups is 1. The first kappa shape index (κ1) is 19.8. The highest BCUT2D eigenvalue weighted by molar-refractivity contribution is 7.98. The summed E-state index contributed by atoms with van der Waals surface area (Å²) in [7, 11) is 0. The molecule has 132 valence electrons. The number of hydrogen-bond donors (Lipinski definition) is 3. The van der Waals surface area contributed by atoms with Crippen LogP contribution in [-0.4, -0.2) is 42.6 Å². The quantitative estimate of drug-likeness (QED) is 0.583. The van der Waals surface area contributed by atoms with E-state index < -0.39 is 30.6 Å². The highest BCUT2D eigenvalue weighted by Crippen LogP contribution is 2.10. The van der Waals surface area contributed by atoms with E-state index in [1.807, 2.05) is 25.3 Å². The van der Waals surface area contributed by atoms with Crippen molar-refractivity contribution >= 4 is 35.4 Å². The van der Waals surface area contributed by atoms with Crippen molar-refractivity contribution in [2.75, 3.05) is 23.9 Å². The molecule has 0 aromatic heterocycles. The van der Waals surface area contributed by atoms with E-state index in [1.165, 1.54) is 11.8 Å². The van der Waals surface area contributed by atoms with Gasteiger partial charge in [-0.05, 0) is 42.5 Å². The molecule has 1 aromatic rings. The van der Waals surface area contributed by atoms with Crippen molar-refractivity contribution < 1.29 is 19.1 Å². The number of benzene rings is 1. The number of amides is 3. The molecular formula is C16H23N3O4S. The van der Waals surface area contributed by atoms with Crippen LogP contribution in [-0.2, 0) is 20.7 Å². The van der Waals surface area contributed by atoms with Crippen LogP contribution in [0.1, 0.15) is 18.9 Å². The minimum Gasteiger partial charge on any atom is -0.454 e. The first-order valence-corrected chi connectivity index (χ1v) is 8.96. The number of carbonyl (C=O) groups is 3. The molecule has 1 rings (SSSR count). The van der Waals surface area contributed by atoms with Crippen LogP contribution < -0.4 is 16.4 Å². The number of aryl methyl sites for hydroxylation is 1. The Morgan fingerprint density at radius 3 is 2.46 bits per heavy atom. The standard InChI is InChI=1S/C16H23N3O4S/c1-3-11-4-6-12(7-5-11)18-14(20)10-23-15(21)13(8-9-24-2)19-16(17)22/h4-7,13H,3,8-10H2,1-2H3,(H,18,20)(H3,17,19,22)/t13-/m0/s1. The number of anilines is 1. The first-order valence-electron chi connectivity index (χ1n) is 7.56. The van der Waals surface area contributed by atoms with E-state index in [1.54, 1.807) is 12.1 Å². The van der Waals surface area contributed by atoms with Crippen LogP contribution in [0.2, 0.25) is 0 Å². The molecule has 0 bridgehead atoms. The third kappa shape index (κ3) is 7.36. The zero-order chi connectivity index (χ0) is 17.9. The van der Waals surface area contributed by atoms with Gasteiger partial charge in [0.15, 0.2) is 6.61 Å². The highest BCUT2D eigenvalue weighted by atomic mass is 32.2. The maximum Gasteiger partial charge on any atom is 0.329 e. The second-order valence-electron chi connectivity index (χ2n) is 5.05. The predicted octanol–water partition coefficient (Wildman–Crippen LogP) is 1.52. The Bertz CT molecular complexity index is 563. The van der Waals surface area contributed by atoms with Gasteiger partial charge in [0.05, 0.1) is 0 Å². The Kier molecular flexibility index (Phi) is 8.70. The fourth-order valence-corrected chi connectivity index (χ4v) is 2.39. The van der Waals surface area contributed by atoms with E-state index in [2.05, 4.69) is 10.6 Å².